The van der Waals surface area contributed by atoms with E-state index in [-0.39, 0.29) is 24.3 Å². The molecule has 0 fully saturated rings. The highest BCUT2D eigenvalue weighted by Crippen LogP contribution is 2.09. The Morgan fingerprint density at radius 2 is 1.85 bits per heavy atom. The Balaban J connectivity index is 3.74. The van der Waals surface area contributed by atoms with Gasteiger partial charge in [0.2, 0.25) is 5.91 Å². The number of aliphatic hydroxyl groups excluding tert-OH is 1. The van der Waals surface area contributed by atoms with E-state index in [1.54, 1.807) is 0 Å². The second kappa shape index (κ2) is 5.97. The maximum Gasteiger partial charge on any atom is 0.223 e. The number of amides is 1. The van der Waals surface area contributed by atoms with Crippen LogP contribution in [-0.2, 0) is 4.79 Å². The monoisotopic (exact) mass is 187 g/mol. The summed E-state index contributed by atoms with van der Waals surface area (Å²) >= 11 is 0. The minimum Gasteiger partial charge on any atom is -0.396 e. The molecule has 13 heavy (non-hydrogen) atoms. The summed E-state index contributed by atoms with van der Waals surface area (Å²) in [5.41, 5.74) is 0. The quantitative estimate of drug-likeness (QED) is 0.675. The molecule has 0 radical (unpaired) electrons. The van der Waals surface area contributed by atoms with Crippen molar-refractivity contribution in [3.8, 4) is 0 Å². The second-order valence-corrected chi connectivity index (χ2v) is 4.07. The van der Waals surface area contributed by atoms with Crippen molar-refractivity contribution in [3.63, 3.8) is 0 Å². The summed E-state index contributed by atoms with van der Waals surface area (Å²) in [4.78, 5) is 11.4. The van der Waals surface area contributed by atoms with Gasteiger partial charge in [-0.3, -0.25) is 4.79 Å². The highest BCUT2D eigenvalue weighted by molar-refractivity contribution is 5.78. The molecule has 0 aliphatic heterocycles. The SMILES string of the molecule is CC(CO)CNC(=O)C(C)C(C)C. The van der Waals surface area contributed by atoms with Crippen molar-refractivity contribution in [2.24, 2.45) is 17.8 Å². The highest BCUT2D eigenvalue weighted by Gasteiger charge is 2.16. The molecule has 0 aromatic heterocycles. The van der Waals surface area contributed by atoms with Gasteiger partial charge in [-0.15, -0.1) is 0 Å². The molecule has 2 N–H and O–H groups in total. The first-order chi connectivity index (χ1) is 5.99. The molecule has 2 unspecified atom stereocenters. The molecular formula is C10H21NO2. The number of hydrogen-bond acceptors (Lipinski definition) is 2. The van der Waals surface area contributed by atoms with Crippen LogP contribution in [0.1, 0.15) is 27.7 Å². The Morgan fingerprint density at radius 3 is 2.23 bits per heavy atom. The maximum absolute atomic E-state index is 11.4. The Morgan fingerprint density at radius 1 is 1.31 bits per heavy atom. The fourth-order valence-electron chi connectivity index (χ4n) is 0.803. The Bertz CT molecular complexity index is 157. The molecule has 0 rings (SSSR count). The molecule has 0 spiro atoms. The summed E-state index contributed by atoms with van der Waals surface area (Å²) in [5.74, 6) is 0.633. The number of hydrogen-bond donors (Lipinski definition) is 2. The van der Waals surface area contributed by atoms with Gasteiger partial charge in [-0.1, -0.05) is 27.7 Å². The Hall–Kier alpha value is -0.570. The van der Waals surface area contributed by atoms with Crippen LogP contribution in [0.4, 0.5) is 0 Å². The van der Waals surface area contributed by atoms with Crippen molar-refractivity contribution in [3.05, 3.63) is 0 Å². The average molecular weight is 187 g/mol. The van der Waals surface area contributed by atoms with Crippen molar-refractivity contribution in [1.29, 1.82) is 0 Å². The van der Waals surface area contributed by atoms with E-state index in [2.05, 4.69) is 5.32 Å². The molecule has 0 aromatic rings. The first kappa shape index (κ1) is 12.4. The predicted molar refractivity (Wildman–Crippen MR) is 53.3 cm³/mol. The lowest BCUT2D eigenvalue weighted by Crippen LogP contribution is -2.35. The molecule has 1 amide bonds. The topological polar surface area (TPSA) is 49.3 Å². The maximum atomic E-state index is 11.4. The minimum absolute atomic E-state index is 0.0471. The fourth-order valence-corrected chi connectivity index (χ4v) is 0.803. The molecule has 78 valence electrons. The molecular weight excluding hydrogens is 166 g/mol. The van der Waals surface area contributed by atoms with Gasteiger partial charge in [0.25, 0.3) is 0 Å². The van der Waals surface area contributed by atoms with Gasteiger partial charge in [-0.05, 0) is 11.8 Å². The standard InChI is InChI=1S/C10H21NO2/c1-7(2)9(4)10(13)11-5-8(3)6-12/h7-9,12H,5-6H2,1-4H3,(H,11,13). The third kappa shape index (κ3) is 4.88. The zero-order valence-electron chi connectivity index (χ0n) is 9.00. The van der Waals surface area contributed by atoms with Gasteiger partial charge in [-0.25, -0.2) is 0 Å². The van der Waals surface area contributed by atoms with Gasteiger partial charge in [0, 0.05) is 19.1 Å². The van der Waals surface area contributed by atoms with E-state index >= 15 is 0 Å². The molecule has 3 heteroatoms. The Kier molecular flexibility index (Phi) is 5.71. The molecule has 3 nitrogen and oxygen atoms in total. The molecule has 0 bridgehead atoms. The summed E-state index contributed by atoms with van der Waals surface area (Å²) in [6, 6.07) is 0. The smallest absolute Gasteiger partial charge is 0.223 e. The van der Waals surface area contributed by atoms with Gasteiger partial charge < -0.3 is 10.4 Å². The van der Waals surface area contributed by atoms with Crippen LogP contribution >= 0.6 is 0 Å². The highest BCUT2D eigenvalue weighted by atomic mass is 16.3. The van der Waals surface area contributed by atoms with Crippen molar-refractivity contribution < 1.29 is 9.90 Å². The third-order valence-electron chi connectivity index (χ3n) is 2.35. The summed E-state index contributed by atoms with van der Waals surface area (Å²) in [6.07, 6.45) is 0. The number of nitrogens with one attached hydrogen (secondary N) is 1. The van der Waals surface area contributed by atoms with Crippen LogP contribution in [0.5, 0.6) is 0 Å². The zero-order valence-corrected chi connectivity index (χ0v) is 9.00. The molecule has 2 atom stereocenters. The largest absolute Gasteiger partial charge is 0.396 e. The number of rotatable bonds is 5. The molecule has 0 aromatic carbocycles. The van der Waals surface area contributed by atoms with Crippen molar-refractivity contribution in [2.75, 3.05) is 13.2 Å². The molecule has 0 saturated heterocycles. The van der Waals surface area contributed by atoms with Crippen LogP contribution < -0.4 is 5.32 Å². The van der Waals surface area contributed by atoms with E-state index in [1.165, 1.54) is 0 Å². The van der Waals surface area contributed by atoms with Gasteiger partial charge in [0.05, 0.1) is 0 Å². The summed E-state index contributed by atoms with van der Waals surface area (Å²) in [6.45, 7) is 8.56. The molecule has 0 heterocycles. The summed E-state index contributed by atoms with van der Waals surface area (Å²) in [5, 5.41) is 11.6. The van der Waals surface area contributed by atoms with Crippen LogP contribution in [0.3, 0.4) is 0 Å². The molecule has 0 aliphatic rings. The van der Waals surface area contributed by atoms with E-state index in [4.69, 9.17) is 5.11 Å². The predicted octanol–water partition coefficient (Wildman–Crippen LogP) is 1.02. The van der Waals surface area contributed by atoms with Crippen LogP contribution in [0, 0.1) is 17.8 Å². The zero-order chi connectivity index (χ0) is 10.4. The van der Waals surface area contributed by atoms with Gasteiger partial charge in [0.15, 0.2) is 0 Å². The lowest BCUT2D eigenvalue weighted by molar-refractivity contribution is -0.125. The second-order valence-electron chi connectivity index (χ2n) is 4.07. The van der Waals surface area contributed by atoms with E-state index in [0.29, 0.717) is 12.5 Å². The fraction of sp³-hybridized carbons (Fsp3) is 0.900. The lowest BCUT2D eigenvalue weighted by atomic mass is 9.97. The Labute approximate surface area is 80.5 Å². The van der Waals surface area contributed by atoms with Crippen LogP contribution in [0.2, 0.25) is 0 Å². The van der Waals surface area contributed by atoms with Crippen molar-refractivity contribution in [2.45, 2.75) is 27.7 Å². The number of carbonyl (C=O) groups is 1. The van der Waals surface area contributed by atoms with Crippen LogP contribution in [-0.4, -0.2) is 24.2 Å². The van der Waals surface area contributed by atoms with Crippen molar-refractivity contribution in [1.82, 2.24) is 5.32 Å². The normalized spacial score (nSPS) is 15.5. The van der Waals surface area contributed by atoms with E-state index in [9.17, 15) is 4.79 Å². The van der Waals surface area contributed by atoms with Crippen LogP contribution in [0.25, 0.3) is 0 Å². The molecule has 0 aliphatic carbocycles. The third-order valence-corrected chi connectivity index (χ3v) is 2.35. The molecule has 0 saturated carbocycles. The van der Waals surface area contributed by atoms with E-state index < -0.39 is 0 Å². The van der Waals surface area contributed by atoms with Gasteiger partial charge in [-0.2, -0.15) is 0 Å². The number of carbonyl (C=O) groups excluding carboxylic acids is 1. The van der Waals surface area contributed by atoms with E-state index in [0.717, 1.165) is 0 Å². The van der Waals surface area contributed by atoms with Gasteiger partial charge >= 0.3 is 0 Å². The van der Waals surface area contributed by atoms with Gasteiger partial charge in [0.1, 0.15) is 0 Å². The minimum atomic E-state index is 0.0471. The summed E-state index contributed by atoms with van der Waals surface area (Å²) in [7, 11) is 0. The van der Waals surface area contributed by atoms with Crippen molar-refractivity contribution >= 4 is 5.91 Å². The van der Waals surface area contributed by atoms with Crippen LogP contribution in [0.15, 0.2) is 0 Å². The number of aliphatic hydroxyl groups is 1. The first-order valence-electron chi connectivity index (χ1n) is 4.87. The average Bonchev–Trinajstić information content (AvgIpc) is 2.11. The first-order valence-corrected chi connectivity index (χ1v) is 4.87. The van der Waals surface area contributed by atoms with E-state index in [1.807, 2.05) is 27.7 Å². The lowest BCUT2D eigenvalue weighted by Gasteiger charge is -2.16. The summed E-state index contributed by atoms with van der Waals surface area (Å²) < 4.78 is 0.